The monoisotopic (exact) mass is 596 g/mol. The molecule has 0 spiro atoms. The first-order valence-electron chi connectivity index (χ1n) is 16.2. The zero-order valence-electron chi connectivity index (χ0n) is 27.6. The second-order valence-corrected chi connectivity index (χ2v) is 14.4. The Kier molecular flexibility index (Phi) is 7.32. The molecule has 0 saturated heterocycles. The molecule has 2 nitrogen and oxygen atoms in total. The van der Waals surface area contributed by atoms with Crippen LogP contribution in [-0.4, -0.2) is 9.97 Å². The van der Waals surface area contributed by atoms with Crippen LogP contribution in [0, 0.1) is 0 Å². The lowest BCUT2D eigenvalue weighted by Crippen LogP contribution is -2.10. The maximum Gasteiger partial charge on any atom is 0.0737 e. The van der Waals surface area contributed by atoms with E-state index in [1.54, 1.807) is 0 Å². The molecule has 0 radical (unpaired) electrons. The summed E-state index contributed by atoms with van der Waals surface area (Å²) >= 11 is 0. The molecular weight excluding hydrogens is 556 g/mol. The van der Waals surface area contributed by atoms with Gasteiger partial charge >= 0.3 is 0 Å². The third-order valence-electron chi connectivity index (χ3n) is 9.00. The summed E-state index contributed by atoms with van der Waals surface area (Å²) in [5.41, 5.74) is 13.5. The van der Waals surface area contributed by atoms with Gasteiger partial charge in [-0.1, -0.05) is 151 Å². The molecule has 0 bridgehead atoms. The molecule has 2 heteroatoms. The summed E-state index contributed by atoms with van der Waals surface area (Å²) in [5.74, 6) is 0. The fourth-order valence-corrected chi connectivity index (χ4v) is 6.24. The van der Waals surface area contributed by atoms with Crippen molar-refractivity contribution in [3.8, 4) is 44.8 Å². The topological polar surface area (TPSA) is 25.8 Å². The second kappa shape index (κ2) is 11.4. The zero-order valence-corrected chi connectivity index (χ0v) is 27.6. The third kappa shape index (κ3) is 5.72. The summed E-state index contributed by atoms with van der Waals surface area (Å²) in [7, 11) is 0. The van der Waals surface area contributed by atoms with Gasteiger partial charge < -0.3 is 0 Å². The van der Waals surface area contributed by atoms with E-state index in [4.69, 9.17) is 9.97 Å². The Labute approximate surface area is 272 Å². The van der Waals surface area contributed by atoms with Crippen LogP contribution >= 0.6 is 0 Å². The Bertz CT molecular complexity index is 2010. The van der Waals surface area contributed by atoms with Crippen LogP contribution in [0.25, 0.3) is 66.6 Å². The quantitative estimate of drug-likeness (QED) is 0.189. The van der Waals surface area contributed by atoms with Crippen molar-refractivity contribution in [2.75, 3.05) is 0 Å². The fourth-order valence-electron chi connectivity index (χ4n) is 6.24. The van der Waals surface area contributed by atoms with Gasteiger partial charge in [0.2, 0.25) is 0 Å². The lowest BCUT2D eigenvalue weighted by Gasteiger charge is -2.19. The normalized spacial score (nSPS) is 12.1. The van der Waals surface area contributed by atoms with Gasteiger partial charge in [-0.3, -0.25) is 0 Å². The van der Waals surface area contributed by atoms with E-state index in [1.165, 1.54) is 33.4 Å². The van der Waals surface area contributed by atoms with Crippen molar-refractivity contribution in [1.82, 2.24) is 9.97 Å². The molecule has 46 heavy (non-hydrogen) atoms. The largest absolute Gasteiger partial charge is 0.248 e. The highest BCUT2D eigenvalue weighted by Crippen LogP contribution is 2.39. The van der Waals surface area contributed by atoms with Gasteiger partial charge in [-0.05, 0) is 68.5 Å². The Hall–Kier alpha value is -5.08. The predicted octanol–water partition coefficient (Wildman–Crippen LogP) is 12.0. The van der Waals surface area contributed by atoms with Gasteiger partial charge in [0, 0.05) is 21.9 Å². The maximum atomic E-state index is 5.28. The highest BCUT2D eigenvalue weighted by molar-refractivity contribution is 6.08. The first-order valence-corrected chi connectivity index (χ1v) is 16.2. The molecule has 2 heterocycles. The van der Waals surface area contributed by atoms with Crippen molar-refractivity contribution < 1.29 is 0 Å². The summed E-state index contributed by atoms with van der Waals surface area (Å²) in [5, 5.41) is 2.24. The van der Waals surface area contributed by atoms with Gasteiger partial charge in [0.1, 0.15) is 0 Å². The van der Waals surface area contributed by atoms with Crippen LogP contribution in [0.15, 0.2) is 133 Å². The minimum atomic E-state index is 0.0936. The van der Waals surface area contributed by atoms with Gasteiger partial charge in [0.15, 0.2) is 0 Å². The first-order chi connectivity index (χ1) is 22.0. The number of aromatic nitrogens is 2. The summed E-state index contributed by atoms with van der Waals surface area (Å²) in [4.78, 5) is 10.6. The van der Waals surface area contributed by atoms with Crippen molar-refractivity contribution in [3.63, 3.8) is 0 Å². The van der Waals surface area contributed by atoms with E-state index >= 15 is 0 Å². The Morgan fingerprint density at radius 1 is 0.370 bits per heavy atom. The van der Waals surface area contributed by atoms with Crippen molar-refractivity contribution >= 4 is 21.8 Å². The van der Waals surface area contributed by atoms with E-state index in [1.807, 2.05) is 0 Å². The van der Waals surface area contributed by atoms with Gasteiger partial charge in [-0.15, -0.1) is 0 Å². The summed E-state index contributed by atoms with van der Waals surface area (Å²) in [6, 6.07) is 48.0. The minimum Gasteiger partial charge on any atom is -0.248 e. The van der Waals surface area contributed by atoms with E-state index < -0.39 is 0 Å². The maximum absolute atomic E-state index is 5.28. The Balaban J connectivity index is 1.48. The van der Waals surface area contributed by atoms with E-state index in [2.05, 4.69) is 175 Å². The number of nitrogens with zero attached hydrogens (tertiary/aromatic N) is 2. The molecule has 0 N–H and O–H groups in total. The number of pyridine rings is 2. The summed E-state index contributed by atoms with van der Waals surface area (Å²) < 4.78 is 0. The van der Waals surface area contributed by atoms with Gasteiger partial charge in [0.25, 0.3) is 0 Å². The lowest BCUT2D eigenvalue weighted by atomic mass is 9.86. The molecule has 0 saturated carbocycles. The van der Waals surface area contributed by atoms with Crippen LogP contribution in [0.4, 0.5) is 0 Å². The van der Waals surface area contributed by atoms with Crippen LogP contribution < -0.4 is 0 Å². The first kappa shape index (κ1) is 29.6. The number of hydrogen-bond acceptors (Lipinski definition) is 2. The van der Waals surface area contributed by atoms with E-state index in [0.29, 0.717) is 0 Å². The van der Waals surface area contributed by atoms with Crippen molar-refractivity contribution in [2.24, 2.45) is 0 Å². The Morgan fingerprint density at radius 3 is 1.09 bits per heavy atom. The third-order valence-corrected chi connectivity index (χ3v) is 9.00. The van der Waals surface area contributed by atoms with Crippen LogP contribution in [-0.2, 0) is 10.8 Å². The number of fused-ring (bicyclic) bond motifs is 2. The SMILES string of the molecule is CC(C)(C)c1ccc(-c2cc(-c3ccccc3)c3cc4c(-c5ccccc5)cc(-c5ccc(C(C)(C)C)cc5)nc4cc3n2)cc1. The van der Waals surface area contributed by atoms with E-state index in [0.717, 1.165) is 44.3 Å². The van der Waals surface area contributed by atoms with Gasteiger partial charge in [-0.25, -0.2) is 9.97 Å². The molecule has 2 aromatic heterocycles. The summed E-state index contributed by atoms with van der Waals surface area (Å²) in [6.45, 7) is 13.5. The molecule has 7 aromatic rings. The van der Waals surface area contributed by atoms with Gasteiger partial charge in [0.05, 0.1) is 22.4 Å². The average Bonchev–Trinajstić information content (AvgIpc) is 3.06. The zero-order chi connectivity index (χ0) is 32.1. The molecule has 0 aliphatic carbocycles. The van der Waals surface area contributed by atoms with Gasteiger partial charge in [-0.2, -0.15) is 0 Å². The molecule has 5 aromatic carbocycles. The van der Waals surface area contributed by atoms with Crippen molar-refractivity contribution in [1.29, 1.82) is 0 Å². The van der Waals surface area contributed by atoms with E-state index in [-0.39, 0.29) is 10.8 Å². The smallest absolute Gasteiger partial charge is 0.0737 e. The number of rotatable bonds is 4. The highest BCUT2D eigenvalue weighted by Gasteiger charge is 2.18. The van der Waals surface area contributed by atoms with Crippen molar-refractivity contribution in [3.05, 3.63) is 145 Å². The van der Waals surface area contributed by atoms with Crippen molar-refractivity contribution in [2.45, 2.75) is 52.4 Å². The summed E-state index contributed by atoms with van der Waals surface area (Å²) in [6.07, 6.45) is 0. The average molecular weight is 597 g/mol. The molecular formula is C44H40N2. The second-order valence-electron chi connectivity index (χ2n) is 14.4. The number of hydrogen-bond donors (Lipinski definition) is 0. The predicted molar refractivity (Wildman–Crippen MR) is 196 cm³/mol. The molecule has 0 fully saturated rings. The van der Waals surface area contributed by atoms with Crippen LogP contribution in [0.2, 0.25) is 0 Å². The van der Waals surface area contributed by atoms with E-state index in [9.17, 15) is 0 Å². The molecule has 0 atom stereocenters. The van der Waals surface area contributed by atoms with Crippen LogP contribution in [0.5, 0.6) is 0 Å². The number of benzene rings is 5. The Morgan fingerprint density at radius 2 is 0.739 bits per heavy atom. The minimum absolute atomic E-state index is 0.0936. The molecule has 0 amide bonds. The fraction of sp³-hybridized carbons (Fsp3) is 0.182. The molecule has 7 rings (SSSR count). The van der Waals surface area contributed by atoms with Crippen LogP contribution in [0.3, 0.4) is 0 Å². The van der Waals surface area contributed by atoms with Crippen LogP contribution in [0.1, 0.15) is 52.7 Å². The molecule has 0 unspecified atom stereocenters. The molecule has 0 aliphatic heterocycles. The molecule has 226 valence electrons. The standard InChI is InChI=1S/C44H40N2/c1-43(2,3)33-21-17-31(18-22-33)39-26-35(29-13-9-7-10-14-29)37-25-38-36(30-15-11-8-12-16-30)27-40(46-42(38)28-41(37)45-39)32-19-23-34(24-20-32)44(4,5)6/h7-28H,1-6H3. The molecule has 0 aliphatic rings. The lowest BCUT2D eigenvalue weighted by molar-refractivity contribution is 0.590. The highest BCUT2D eigenvalue weighted by atomic mass is 14.7.